The van der Waals surface area contributed by atoms with E-state index in [1.54, 1.807) is 0 Å². The lowest BCUT2D eigenvalue weighted by molar-refractivity contribution is 0.654. The van der Waals surface area contributed by atoms with Gasteiger partial charge in [-0.15, -0.1) is 0 Å². The zero-order valence-electron chi connectivity index (χ0n) is 9.77. The van der Waals surface area contributed by atoms with Gasteiger partial charge < -0.3 is 5.32 Å². The van der Waals surface area contributed by atoms with E-state index in [9.17, 15) is 0 Å². The Bertz CT molecular complexity index is 448. The maximum absolute atomic E-state index is 3.29. The van der Waals surface area contributed by atoms with Gasteiger partial charge in [-0.05, 0) is 30.7 Å². The summed E-state index contributed by atoms with van der Waals surface area (Å²) in [6.45, 7) is 2.18. The molecule has 1 heteroatoms. The van der Waals surface area contributed by atoms with Crippen LogP contribution < -0.4 is 5.32 Å². The van der Waals surface area contributed by atoms with Crippen LogP contribution in [-0.2, 0) is 0 Å². The maximum atomic E-state index is 3.29. The van der Waals surface area contributed by atoms with Gasteiger partial charge in [-0.25, -0.2) is 0 Å². The zero-order valence-corrected chi connectivity index (χ0v) is 9.77. The fourth-order valence-electron chi connectivity index (χ4n) is 1.91. The molecule has 0 aromatic heterocycles. The lowest BCUT2D eigenvalue weighted by Gasteiger charge is -2.15. The van der Waals surface area contributed by atoms with Gasteiger partial charge >= 0.3 is 0 Å². The van der Waals surface area contributed by atoms with Crippen molar-refractivity contribution in [3.8, 4) is 11.1 Å². The van der Waals surface area contributed by atoms with Crippen molar-refractivity contribution in [1.29, 1.82) is 0 Å². The Morgan fingerprint density at radius 2 is 1.50 bits per heavy atom. The van der Waals surface area contributed by atoms with Gasteiger partial charge in [0, 0.05) is 6.04 Å². The molecule has 0 radical (unpaired) electrons. The Morgan fingerprint density at radius 3 is 2.19 bits per heavy atom. The molecule has 82 valence electrons. The van der Waals surface area contributed by atoms with Gasteiger partial charge in [-0.3, -0.25) is 0 Å². The van der Waals surface area contributed by atoms with Gasteiger partial charge in [0.15, 0.2) is 0 Å². The van der Waals surface area contributed by atoms with E-state index in [-0.39, 0.29) is 0 Å². The summed E-state index contributed by atoms with van der Waals surface area (Å²) >= 11 is 0. The Kier molecular flexibility index (Phi) is 3.37. The molecule has 0 aliphatic carbocycles. The quantitative estimate of drug-likeness (QED) is 0.817. The largest absolute Gasteiger partial charge is 0.313 e. The maximum Gasteiger partial charge on any atom is 0.0295 e. The van der Waals surface area contributed by atoms with Gasteiger partial charge in [0.05, 0.1) is 0 Å². The van der Waals surface area contributed by atoms with E-state index in [2.05, 4.69) is 60.8 Å². The molecule has 0 amide bonds. The Hall–Kier alpha value is -1.60. The Labute approximate surface area is 97.1 Å². The monoisotopic (exact) mass is 211 g/mol. The van der Waals surface area contributed by atoms with E-state index in [1.165, 1.54) is 16.7 Å². The smallest absolute Gasteiger partial charge is 0.0295 e. The number of hydrogen-bond donors (Lipinski definition) is 1. The molecule has 0 aliphatic heterocycles. The molecule has 0 fully saturated rings. The highest BCUT2D eigenvalue weighted by molar-refractivity contribution is 5.67. The molecule has 0 bridgehead atoms. The summed E-state index contributed by atoms with van der Waals surface area (Å²) < 4.78 is 0. The van der Waals surface area contributed by atoms with Crippen LogP contribution in [0, 0.1) is 0 Å². The van der Waals surface area contributed by atoms with Gasteiger partial charge in [0.25, 0.3) is 0 Å². The Morgan fingerprint density at radius 1 is 0.875 bits per heavy atom. The van der Waals surface area contributed by atoms with Crippen molar-refractivity contribution in [3.05, 3.63) is 60.2 Å². The standard InChI is InChI=1S/C15H17N/c1-12(16-2)14-10-6-7-11-15(14)13-8-4-3-5-9-13/h3-12,16H,1-2H3/t12-/m0/s1. The second-order valence-electron chi connectivity index (χ2n) is 3.96. The van der Waals surface area contributed by atoms with Crippen molar-refractivity contribution < 1.29 is 0 Å². The second-order valence-corrected chi connectivity index (χ2v) is 3.96. The predicted molar refractivity (Wildman–Crippen MR) is 69.4 cm³/mol. The third-order valence-electron chi connectivity index (χ3n) is 2.95. The van der Waals surface area contributed by atoms with Crippen LogP contribution in [0.2, 0.25) is 0 Å². The summed E-state index contributed by atoms with van der Waals surface area (Å²) in [4.78, 5) is 0. The lowest BCUT2D eigenvalue weighted by Crippen LogP contribution is -2.13. The summed E-state index contributed by atoms with van der Waals surface area (Å²) in [7, 11) is 1.99. The molecular weight excluding hydrogens is 194 g/mol. The van der Waals surface area contributed by atoms with Crippen molar-refractivity contribution in [2.75, 3.05) is 7.05 Å². The molecule has 1 nitrogen and oxygen atoms in total. The van der Waals surface area contributed by atoms with E-state index in [1.807, 2.05) is 13.1 Å². The Balaban J connectivity index is 2.49. The summed E-state index contributed by atoms with van der Waals surface area (Å²) in [5, 5.41) is 3.29. The van der Waals surface area contributed by atoms with Crippen LogP contribution in [0.25, 0.3) is 11.1 Å². The molecule has 2 aromatic rings. The second kappa shape index (κ2) is 4.95. The van der Waals surface area contributed by atoms with Gasteiger partial charge in [0.2, 0.25) is 0 Å². The van der Waals surface area contributed by atoms with Crippen molar-refractivity contribution in [2.24, 2.45) is 0 Å². The number of benzene rings is 2. The highest BCUT2D eigenvalue weighted by atomic mass is 14.9. The minimum absolute atomic E-state index is 0.372. The number of rotatable bonds is 3. The first kappa shape index (κ1) is 10.9. The topological polar surface area (TPSA) is 12.0 Å². The molecule has 0 saturated carbocycles. The first-order valence-electron chi connectivity index (χ1n) is 5.64. The third kappa shape index (κ3) is 2.15. The number of nitrogens with one attached hydrogen (secondary N) is 1. The van der Waals surface area contributed by atoms with Crippen LogP contribution in [0.1, 0.15) is 18.5 Å². The fraction of sp³-hybridized carbons (Fsp3) is 0.200. The van der Waals surface area contributed by atoms with Crippen molar-refractivity contribution in [1.82, 2.24) is 5.32 Å². The first-order valence-corrected chi connectivity index (χ1v) is 5.64. The summed E-state index contributed by atoms with van der Waals surface area (Å²) in [6, 6.07) is 19.4. The first-order chi connectivity index (χ1) is 7.83. The molecule has 16 heavy (non-hydrogen) atoms. The molecule has 0 spiro atoms. The fourth-order valence-corrected chi connectivity index (χ4v) is 1.91. The zero-order chi connectivity index (χ0) is 11.4. The van der Waals surface area contributed by atoms with Crippen LogP contribution in [0.5, 0.6) is 0 Å². The van der Waals surface area contributed by atoms with Crippen LogP contribution in [-0.4, -0.2) is 7.05 Å². The van der Waals surface area contributed by atoms with Crippen LogP contribution in [0.4, 0.5) is 0 Å². The third-order valence-corrected chi connectivity index (χ3v) is 2.95. The predicted octanol–water partition coefficient (Wildman–Crippen LogP) is 3.63. The van der Waals surface area contributed by atoms with Crippen molar-refractivity contribution in [3.63, 3.8) is 0 Å². The molecule has 1 atom stereocenters. The summed E-state index contributed by atoms with van der Waals surface area (Å²) in [5.74, 6) is 0. The van der Waals surface area contributed by atoms with Gasteiger partial charge in [0.1, 0.15) is 0 Å². The molecule has 0 heterocycles. The molecule has 0 aliphatic rings. The summed E-state index contributed by atoms with van der Waals surface area (Å²) in [5.41, 5.74) is 3.93. The van der Waals surface area contributed by atoms with Crippen molar-refractivity contribution in [2.45, 2.75) is 13.0 Å². The van der Waals surface area contributed by atoms with E-state index in [0.717, 1.165) is 0 Å². The highest BCUT2D eigenvalue weighted by Crippen LogP contribution is 2.27. The average molecular weight is 211 g/mol. The van der Waals surface area contributed by atoms with Gasteiger partial charge in [-0.2, -0.15) is 0 Å². The molecule has 2 aromatic carbocycles. The SMILES string of the molecule is CN[C@@H](C)c1ccccc1-c1ccccc1. The highest BCUT2D eigenvalue weighted by Gasteiger charge is 2.08. The minimum Gasteiger partial charge on any atom is -0.313 e. The minimum atomic E-state index is 0.372. The van der Waals surface area contributed by atoms with Crippen molar-refractivity contribution >= 4 is 0 Å². The molecule has 1 N–H and O–H groups in total. The lowest BCUT2D eigenvalue weighted by atomic mass is 9.96. The van der Waals surface area contributed by atoms with Crippen LogP contribution in [0.3, 0.4) is 0 Å². The van der Waals surface area contributed by atoms with Crippen LogP contribution in [0.15, 0.2) is 54.6 Å². The number of hydrogen-bond acceptors (Lipinski definition) is 1. The average Bonchev–Trinajstić information content (AvgIpc) is 2.39. The van der Waals surface area contributed by atoms with E-state index in [0.29, 0.717) is 6.04 Å². The van der Waals surface area contributed by atoms with E-state index >= 15 is 0 Å². The molecular formula is C15H17N. The molecule has 0 unspecified atom stereocenters. The molecule has 0 saturated heterocycles. The normalized spacial score (nSPS) is 12.4. The van der Waals surface area contributed by atoms with Gasteiger partial charge in [-0.1, -0.05) is 54.6 Å². The van der Waals surface area contributed by atoms with E-state index in [4.69, 9.17) is 0 Å². The molecule has 2 rings (SSSR count). The van der Waals surface area contributed by atoms with E-state index < -0.39 is 0 Å². The van der Waals surface area contributed by atoms with Crippen LogP contribution >= 0.6 is 0 Å². The summed E-state index contributed by atoms with van der Waals surface area (Å²) in [6.07, 6.45) is 0.